The summed E-state index contributed by atoms with van der Waals surface area (Å²) in [5.41, 5.74) is 3.24. The van der Waals surface area contributed by atoms with Crippen molar-refractivity contribution in [2.75, 3.05) is 53.1 Å². The fourth-order valence-corrected chi connectivity index (χ4v) is 5.55. The van der Waals surface area contributed by atoms with Crippen LogP contribution < -0.4 is 9.47 Å². The SMILES string of the molecule is CCOc1ccc(C2C(=C(O)c3nc4c(C)cccn4c3C)C(=O)C(=O)N2CCCN2CCOCC2)cc1OC. The van der Waals surface area contributed by atoms with Crippen LogP contribution >= 0.6 is 0 Å². The van der Waals surface area contributed by atoms with Gasteiger partial charge in [-0.3, -0.25) is 14.5 Å². The second kappa shape index (κ2) is 11.7. The van der Waals surface area contributed by atoms with E-state index >= 15 is 0 Å². The van der Waals surface area contributed by atoms with Crippen LogP contribution in [-0.4, -0.2) is 89.1 Å². The highest BCUT2D eigenvalue weighted by Gasteiger charge is 2.46. The molecule has 40 heavy (non-hydrogen) atoms. The average molecular weight is 549 g/mol. The summed E-state index contributed by atoms with van der Waals surface area (Å²) in [5.74, 6) is -0.608. The number of morpholine rings is 1. The number of rotatable bonds is 9. The van der Waals surface area contributed by atoms with Crippen LogP contribution in [0.4, 0.5) is 0 Å². The number of ether oxygens (including phenoxy) is 3. The minimum Gasteiger partial charge on any atom is -0.505 e. The number of amides is 1. The Morgan fingerprint density at radius 1 is 1.12 bits per heavy atom. The van der Waals surface area contributed by atoms with Gasteiger partial charge in [0.15, 0.2) is 17.3 Å². The number of aliphatic hydroxyl groups is 1. The Balaban J connectivity index is 1.58. The zero-order valence-electron chi connectivity index (χ0n) is 23.5. The van der Waals surface area contributed by atoms with E-state index in [0.29, 0.717) is 61.2 Å². The lowest BCUT2D eigenvalue weighted by molar-refractivity contribution is -0.140. The number of Topliss-reactive ketones (excluding diaryl/α,β-unsaturated/α-hetero) is 1. The second-order valence-corrected chi connectivity index (χ2v) is 10.1. The molecule has 0 spiro atoms. The minimum atomic E-state index is -0.806. The van der Waals surface area contributed by atoms with Gasteiger partial charge in [0, 0.05) is 32.4 Å². The zero-order valence-corrected chi connectivity index (χ0v) is 23.5. The first-order valence-electron chi connectivity index (χ1n) is 13.7. The first-order valence-corrected chi connectivity index (χ1v) is 13.7. The Morgan fingerprint density at radius 3 is 2.60 bits per heavy atom. The Kier molecular flexibility index (Phi) is 8.09. The zero-order chi connectivity index (χ0) is 28.4. The van der Waals surface area contributed by atoms with Crippen LogP contribution in [0, 0.1) is 13.8 Å². The molecule has 3 aromatic rings. The number of aromatic nitrogens is 2. The molecule has 1 atom stereocenters. The van der Waals surface area contributed by atoms with Gasteiger partial charge < -0.3 is 28.6 Å². The number of ketones is 1. The molecule has 0 bridgehead atoms. The third-order valence-corrected chi connectivity index (χ3v) is 7.63. The van der Waals surface area contributed by atoms with Crippen molar-refractivity contribution in [2.24, 2.45) is 0 Å². The lowest BCUT2D eigenvalue weighted by atomic mass is 9.96. The molecule has 0 radical (unpaired) electrons. The van der Waals surface area contributed by atoms with Crippen LogP contribution in [0.3, 0.4) is 0 Å². The third-order valence-electron chi connectivity index (χ3n) is 7.63. The number of carbonyl (C=O) groups is 2. The number of aryl methyl sites for hydroxylation is 2. The van der Waals surface area contributed by atoms with Gasteiger partial charge in [0.1, 0.15) is 11.3 Å². The van der Waals surface area contributed by atoms with Crippen molar-refractivity contribution < 1.29 is 28.9 Å². The van der Waals surface area contributed by atoms with Crippen LogP contribution in [0.1, 0.15) is 41.9 Å². The van der Waals surface area contributed by atoms with Crippen LogP contribution in [0.5, 0.6) is 11.5 Å². The Labute approximate surface area is 233 Å². The molecule has 2 aliphatic rings. The molecular formula is C30H36N4O6. The minimum absolute atomic E-state index is 0.0201. The lowest BCUT2D eigenvalue weighted by Gasteiger charge is -2.29. The van der Waals surface area contributed by atoms with Gasteiger partial charge in [-0.15, -0.1) is 0 Å². The summed E-state index contributed by atoms with van der Waals surface area (Å²) in [5, 5.41) is 11.7. The summed E-state index contributed by atoms with van der Waals surface area (Å²) >= 11 is 0. The number of nitrogens with zero attached hydrogens (tertiary/aromatic N) is 4. The summed E-state index contributed by atoms with van der Waals surface area (Å²) < 4.78 is 18.6. The number of carbonyl (C=O) groups excluding carboxylic acids is 2. The molecule has 1 unspecified atom stereocenters. The molecule has 1 aromatic carbocycles. The van der Waals surface area contributed by atoms with E-state index in [0.717, 1.165) is 25.2 Å². The van der Waals surface area contributed by atoms with E-state index in [1.54, 1.807) is 24.1 Å². The van der Waals surface area contributed by atoms with Crippen molar-refractivity contribution >= 4 is 23.1 Å². The van der Waals surface area contributed by atoms with Gasteiger partial charge in [-0.1, -0.05) is 12.1 Å². The topological polar surface area (TPSA) is 106 Å². The molecule has 0 aliphatic carbocycles. The van der Waals surface area contributed by atoms with Crippen molar-refractivity contribution in [1.82, 2.24) is 19.2 Å². The molecule has 5 rings (SSSR count). The van der Waals surface area contributed by atoms with E-state index in [2.05, 4.69) is 9.88 Å². The van der Waals surface area contributed by atoms with E-state index in [-0.39, 0.29) is 17.0 Å². The van der Waals surface area contributed by atoms with E-state index in [1.807, 2.05) is 49.6 Å². The van der Waals surface area contributed by atoms with Gasteiger partial charge in [-0.2, -0.15) is 0 Å². The monoisotopic (exact) mass is 548 g/mol. The summed E-state index contributed by atoms with van der Waals surface area (Å²) in [4.78, 5) is 35.6. The second-order valence-electron chi connectivity index (χ2n) is 10.1. The quantitative estimate of drug-likeness (QED) is 0.246. The number of imidazole rings is 1. The van der Waals surface area contributed by atoms with Crippen LogP contribution in [-0.2, 0) is 14.3 Å². The number of fused-ring (bicyclic) bond motifs is 1. The Hall–Kier alpha value is -3.89. The van der Waals surface area contributed by atoms with Crippen molar-refractivity contribution in [3.63, 3.8) is 0 Å². The predicted octanol–water partition coefficient (Wildman–Crippen LogP) is 3.50. The van der Waals surface area contributed by atoms with Gasteiger partial charge in [0.2, 0.25) is 0 Å². The van der Waals surface area contributed by atoms with Crippen LogP contribution in [0.25, 0.3) is 11.4 Å². The normalized spacial score (nSPS) is 19.5. The highest BCUT2D eigenvalue weighted by atomic mass is 16.5. The predicted molar refractivity (Wildman–Crippen MR) is 150 cm³/mol. The van der Waals surface area contributed by atoms with Gasteiger partial charge in [0.05, 0.1) is 44.2 Å². The smallest absolute Gasteiger partial charge is 0.295 e. The molecular weight excluding hydrogens is 512 g/mol. The first-order chi connectivity index (χ1) is 19.3. The average Bonchev–Trinajstić information content (AvgIpc) is 3.44. The fraction of sp³-hybridized carbons (Fsp3) is 0.433. The van der Waals surface area contributed by atoms with E-state index in [9.17, 15) is 14.7 Å². The summed E-state index contributed by atoms with van der Waals surface area (Å²) in [6, 6.07) is 8.38. The van der Waals surface area contributed by atoms with Crippen LogP contribution in [0.15, 0.2) is 42.1 Å². The number of methoxy groups -OCH3 is 1. The summed E-state index contributed by atoms with van der Waals surface area (Å²) in [6.45, 7) is 10.3. The van der Waals surface area contributed by atoms with Gasteiger partial charge in [-0.25, -0.2) is 4.98 Å². The number of benzene rings is 1. The highest BCUT2D eigenvalue weighted by Crippen LogP contribution is 2.42. The molecule has 2 fully saturated rings. The van der Waals surface area contributed by atoms with Crippen molar-refractivity contribution in [1.29, 1.82) is 0 Å². The van der Waals surface area contributed by atoms with Crippen molar-refractivity contribution in [2.45, 2.75) is 33.2 Å². The standard InChI is InChI=1S/C30H36N4O6/c1-5-40-22-10-9-21(18-23(22)38-4)26-24(27(35)25-20(3)33-12-6-8-19(2)29(33)31-25)28(36)30(37)34(26)13-7-11-32-14-16-39-17-15-32/h6,8-10,12,18,26,35H,5,7,11,13-17H2,1-4H3. The Morgan fingerprint density at radius 2 is 1.90 bits per heavy atom. The van der Waals surface area contributed by atoms with Gasteiger partial charge in [0.25, 0.3) is 11.7 Å². The maximum atomic E-state index is 13.6. The fourth-order valence-electron chi connectivity index (χ4n) is 5.55. The number of hydrogen-bond donors (Lipinski definition) is 1. The maximum absolute atomic E-state index is 13.6. The number of likely N-dealkylation sites (tertiary alicyclic amines) is 1. The molecule has 1 N–H and O–H groups in total. The Bertz CT molecular complexity index is 1460. The van der Waals surface area contributed by atoms with Crippen LogP contribution in [0.2, 0.25) is 0 Å². The molecule has 212 valence electrons. The molecule has 10 heteroatoms. The molecule has 2 aliphatic heterocycles. The van der Waals surface area contributed by atoms with Gasteiger partial charge >= 0.3 is 0 Å². The summed E-state index contributed by atoms with van der Waals surface area (Å²) in [6.07, 6.45) is 2.53. The van der Waals surface area contributed by atoms with Crippen molar-refractivity contribution in [3.05, 3.63) is 64.6 Å². The van der Waals surface area contributed by atoms with E-state index < -0.39 is 17.7 Å². The molecule has 2 saturated heterocycles. The molecule has 1 amide bonds. The third kappa shape index (κ3) is 5.04. The number of hydrogen-bond acceptors (Lipinski definition) is 8. The molecule has 2 aromatic heterocycles. The molecule has 4 heterocycles. The summed E-state index contributed by atoms with van der Waals surface area (Å²) in [7, 11) is 1.54. The number of aliphatic hydroxyl groups excluding tert-OH is 1. The van der Waals surface area contributed by atoms with Crippen molar-refractivity contribution in [3.8, 4) is 11.5 Å². The number of pyridine rings is 1. The maximum Gasteiger partial charge on any atom is 0.295 e. The molecule has 0 saturated carbocycles. The first kappa shape index (κ1) is 27.7. The van der Waals surface area contributed by atoms with E-state index in [1.165, 1.54) is 0 Å². The lowest BCUT2D eigenvalue weighted by Crippen LogP contribution is -2.39. The highest BCUT2D eigenvalue weighted by molar-refractivity contribution is 6.46. The largest absolute Gasteiger partial charge is 0.505 e. The van der Waals surface area contributed by atoms with Gasteiger partial charge in [-0.05, 0) is 56.5 Å². The molecule has 10 nitrogen and oxygen atoms in total. The van der Waals surface area contributed by atoms with E-state index in [4.69, 9.17) is 14.2 Å².